The minimum Gasteiger partial charge on any atom is -0.298 e. The van der Waals surface area contributed by atoms with Crippen molar-refractivity contribution in [2.45, 2.75) is 13.5 Å². The van der Waals surface area contributed by atoms with Crippen LogP contribution in [0.25, 0.3) is 11.2 Å². The summed E-state index contributed by atoms with van der Waals surface area (Å²) >= 11 is 0. The summed E-state index contributed by atoms with van der Waals surface area (Å²) in [6.07, 6.45) is 1.67. The fourth-order valence-electron chi connectivity index (χ4n) is 3.38. The quantitative estimate of drug-likeness (QED) is 0.410. The topological polar surface area (TPSA) is 86.2 Å². The van der Waals surface area contributed by atoms with Gasteiger partial charge in [-0.25, -0.2) is 10.2 Å². The summed E-state index contributed by atoms with van der Waals surface area (Å²) in [7, 11) is 3.07. The Bertz CT molecular complexity index is 1360. The Morgan fingerprint density at radius 1 is 1.03 bits per heavy atom. The van der Waals surface area contributed by atoms with Crippen LogP contribution >= 0.6 is 0 Å². The van der Waals surface area contributed by atoms with Gasteiger partial charge in [-0.3, -0.25) is 18.5 Å². The normalized spacial score (nSPS) is 11.4. The van der Waals surface area contributed by atoms with Crippen LogP contribution < -0.4 is 16.7 Å². The molecule has 0 aliphatic heterocycles. The smallest absolute Gasteiger partial charge is 0.298 e. The number of hydrogen-bond acceptors (Lipinski definition) is 5. The summed E-state index contributed by atoms with van der Waals surface area (Å²) in [5.74, 6) is 0.386. The van der Waals surface area contributed by atoms with E-state index in [9.17, 15) is 9.59 Å². The van der Waals surface area contributed by atoms with E-state index < -0.39 is 11.2 Å². The second-order valence-corrected chi connectivity index (χ2v) is 7.17. The predicted octanol–water partition coefficient (Wildman–Crippen LogP) is 2.24. The number of hydrazone groups is 1. The van der Waals surface area contributed by atoms with Crippen molar-refractivity contribution in [3.05, 3.63) is 92.1 Å². The van der Waals surface area contributed by atoms with Crippen LogP contribution in [0.1, 0.15) is 16.7 Å². The first-order valence-electron chi connectivity index (χ1n) is 9.51. The number of aryl methyl sites for hydroxylation is 2. The third kappa shape index (κ3) is 3.55. The monoisotopic (exact) mass is 402 g/mol. The Labute approximate surface area is 172 Å². The number of benzene rings is 2. The molecule has 0 aliphatic rings. The van der Waals surface area contributed by atoms with Gasteiger partial charge >= 0.3 is 5.69 Å². The molecule has 0 saturated heterocycles. The van der Waals surface area contributed by atoms with Gasteiger partial charge in [0.05, 0.1) is 12.8 Å². The van der Waals surface area contributed by atoms with Gasteiger partial charge in [0, 0.05) is 14.1 Å². The van der Waals surface area contributed by atoms with E-state index in [0.717, 1.165) is 21.3 Å². The summed E-state index contributed by atoms with van der Waals surface area (Å²) in [5, 5.41) is 4.28. The molecule has 0 radical (unpaired) electrons. The molecule has 2 aromatic heterocycles. The molecule has 1 N–H and O–H groups in total. The number of anilines is 1. The van der Waals surface area contributed by atoms with Crippen LogP contribution in [0.15, 0.2) is 69.3 Å². The Morgan fingerprint density at radius 3 is 2.53 bits per heavy atom. The highest BCUT2D eigenvalue weighted by molar-refractivity contribution is 5.80. The van der Waals surface area contributed by atoms with Crippen LogP contribution in [-0.2, 0) is 20.6 Å². The Morgan fingerprint density at radius 2 is 1.80 bits per heavy atom. The molecular weight excluding hydrogens is 380 g/mol. The van der Waals surface area contributed by atoms with Crippen molar-refractivity contribution < 1.29 is 0 Å². The third-order valence-electron chi connectivity index (χ3n) is 4.95. The van der Waals surface area contributed by atoms with Crippen molar-refractivity contribution >= 4 is 23.3 Å². The molecule has 2 heterocycles. The number of rotatable bonds is 5. The Hall–Kier alpha value is -3.94. The van der Waals surface area contributed by atoms with Gasteiger partial charge in [-0.15, -0.1) is 0 Å². The highest BCUT2D eigenvalue weighted by atomic mass is 16.2. The van der Waals surface area contributed by atoms with Crippen molar-refractivity contribution in [2.24, 2.45) is 19.2 Å². The maximum absolute atomic E-state index is 12.9. The van der Waals surface area contributed by atoms with E-state index in [1.165, 1.54) is 11.6 Å². The van der Waals surface area contributed by atoms with Crippen molar-refractivity contribution in [2.75, 3.05) is 5.43 Å². The zero-order valence-corrected chi connectivity index (χ0v) is 17.0. The maximum Gasteiger partial charge on any atom is 0.332 e. The number of hydrogen-bond donors (Lipinski definition) is 1. The molecule has 0 atom stereocenters. The zero-order chi connectivity index (χ0) is 21.3. The Balaban J connectivity index is 1.84. The van der Waals surface area contributed by atoms with E-state index in [0.29, 0.717) is 23.7 Å². The summed E-state index contributed by atoms with van der Waals surface area (Å²) in [4.78, 5) is 29.8. The SMILES string of the molecule is Cc1cccc(Cn2c(N/N=C\c3ccccc3)nc3c2c(=O)n(C)c(=O)n3C)c1. The lowest BCUT2D eigenvalue weighted by atomic mass is 10.1. The fraction of sp³-hybridized carbons (Fsp3) is 0.182. The number of fused-ring (bicyclic) bond motifs is 1. The van der Waals surface area contributed by atoms with Crippen molar-refractivity contribution in [3.8, 4) is 0 Å². The van der Waals surface area contributed by atoms with E-state index in [2.05, 4.69) is 21.6 Å². The maximum atomic E-state index is 12.9. The second kappa shape index (κ2) is 7.82. The van der Waals surface area contributed by atoms with E-state index in [-0.39, 0.29) is 0 Å². The molecule has 0 amide bonds. The summed E-state index contributed by atoms with van der Waals surface area (Å²) in [6, 6.07) is 17.7. The van der Waals surface area contributed by atoms with Crippen molar-refractivity contribution in [1.29, 1.82) is 0 Å². The first kappa shape index (κ1) is 19.4. The fourth-order valence-corrected chi connectivity index (χ4v) is 3.38. The van der Waals surface area contributed by atoms with Crippen LogP contribution in [0.2, 0.25) is 0 Å². The Kier molecular flexibility index (Phi) is 5.05. The van der Waals surface area contributed by atoms with E-state index in [4.69, 9.17) is 0 Å². The average molecular weight is 402 g/mol. The van der Waals surface area contributed by atoms with Crippen molar-refractivity contribution in [1.82, 2.24) is 18.7 Å². The molecule has 152 valence electrons. The van der Waals surface area contributed by atoms with Gasteiger partial charge in [-0.05, 0) is 18.1 Å². The lowest BCUT2D eigenvalue weighted by Gasteiger charge is -2.10. The highest BCUT2D eigenvalue weighted by Gasteiger charge is 2.19. The molecule has 4 rings (SSSR count). The van der Waals surface area contributed by atoms with Crippen LogP contribution in [0.3, 0.4) is 0 Å². The molecular formula is C22H22N6O2. The van der Waals surface area contributed by atoms with Crippen molar-refractivity contribution in [3.63, 3.8) is 0 Å². The molecule has 0 spiro atoms. The van der Waals surface area contributed by atoms with Crippen LogP contribution in [0.5, 0.6) is 0 Å². The van der Waals surface area contributed by atoms with E-state index in [1.54, 1.807) is 17.8 Å². The summed E-state index contributed by atoms with van der Waals surface area (Å²) in [5.41, 5.74) is 5.84. The van der Waals surface area contributed by atoms with Gasteiger partial charge in [-0.2, -0.15) is 10.1 Å². The minimum absolute atomic E-state index is 0.313. The first-order chi connectivity index (χ1) is 14.5. The van der Waals surface area contributed by atoms with Crippen LogP contribution in [0.4, 0.5) is 5.95 Å². The van der Waals surface area contributed by atoms with E-state index >= 15 is 0 Å². The molecule has 8 nitrogen and oxygen atoms in total. The molecule has 0 aliphatic carbocycles. The lowest BCUT2D eigenvalue weighted by Crippen LogP contribution is -2.37. The summed E-state index contributed by atoms with van der Waals surface area (Å²) in [6.45, 7) is 2.43. The zero-order valence-electron chi connectivity index (χ0n) is 17.0. The molecule has 0 saturated carbocycles. The van der Waals surface area contributed by atoms with Gasteiger partial charge < -0.3 is 0 Å². The van der Waals surface area contributed by atoms with Gasteiger partial charge in [0.15, 0.2) is 11.2 Å². The number of nitrogens with one attached hydrogen (secondary N) is 1. The molecule has 0 unspecified atom stereocenters. The van der Waals surface area contributed by atoms with Gasteiger partial charge in [0.25, 0.3) is 5.56 Å². The third-order valence-corrected chi connectivity index (χ3v) is 4.95. The number of imidazole rings is 1. The summed E-state index contributed by atoms with van der Waals surface area (Å²) < 4.78 is 4.22. The largest absolute Gasteiger partial charge is 0.332 e. The molecule has 0 fully saturated rings. The first-order valence-corrected chi connectivity index (χ1v) is 9.51. The number of nitrogens with zero attached hydrogens (tertiary/aromatic N) is 5. The molecule has 0 bridgehead atoms. The second-order valence-electron chi connectivity index (χ2n) is 7.17. The van der Waals surface area contributed by atoms with Crippen LogP contribution in [-0.4, -0.2) is 24.9 Å². The van der Waals surface area contributed by atoms with Crippen LogP contribution in [0, 0.1) is 6.92 Å². The standard InChI is InChI=1S/C22H22N6O2/c1-15-8-7-11-17(12-15)14-28-18-19(26(2)22(30)27(3)20(18)29)24-21(28)25-23-13-16-9-5-4-6-10-16/h4-13H,14H2,1-3H3,(H,24,25)/b23-13-. The van der Waals surface area contributed by atoms with Gasteiger partial charge in [0.1, 0.15) is 0 Å². The van der Waals surface area contributed by atoms with Gasteiger partial charge in [-0.1, -0.05) is 60.2 Å². The molecule has 4 aromatic rings. The highest BCUT2D eigenvalue weighted by Crippen LogP contribution is 2.18. The molecule has 8 heteroatoms. The molecule has 30 heavy (non-hydrogen) atoms. The number of aromatic nitrogens is 4. The predicted molar refractivity (Wildman–Crippen MR) is 118 cm³/mol. The van der Waals surface area contributed by atoms with E-state index in [1.807, 2.05) is 55.5 Å². The average Bonchev–Trinajstić information content (AvgIpc) is 3.10. The minimum atomic E-state index is -0.424. The molecule has 2 aromatic carbocycles. The van der Waals surface area contributed by atoms with Gasteiger partial charge in [0.2, 0.25) is 5.95 Å². The lowest BCUT2D eigenvalue weighted by molar-refractivity contribution is 0.702.